The number of likely N-dealkylation sites (tertiary alicyclic amines) is 1. The number of nitrogens with two attached hydrogens (primary N) is 1. The van der Waals surface area contributed by atoms with E-state index in [0.717, 1.165) is 35.3 Å². The molecule has 4 atom stereocenters. The van der Waals surface area contributed by atoms with Gasteiger partial charge in [0, 0.05) is 43.6 Å². The number of pyridine rings is 1. The fraction of sp³-hybridized carbons (Fsp3) is 0.478. The molecule has 1 amide bonds. The average molecular weight is 409 g/mol. The highest BCUT2D eigenvalue weighted by Gasteiger charge is 2.70. The average Bonchev–Trinajstić information content (AvgIpc) is 2.87. The first-order valence-corrected chi connectivity index (χ1v) is 10.3. The van der Waals surface area contributed by atoms with Crippen molar-refractivity contribution in [3.63, 3.8) is 0 Å². The third-order valence-corrected chi connectivity index (χ3v) is 7.93. The lowest BCUT2D eigenvalue weighted by Crippen LogP contribution is -2.67. The Labute approximate surface area is 174 Å². The number of amides is 1. The number of hydrogen-bond acceptors (Lipinski definition) is 5. The molecule has 3 aliphatic rings. The van der Waals surface area contributed by atoms with E-state index in [-0.39, 0.29) is 17.4 Å². The number of phenols is 1. The van der Waals surface area contributed by atoms with E-state index in [1.807, 2.05) is 20.0 Å². The summed E-state index contributed by atoms with van der Waals surface area (Å²) >= 11 is 0. The number of carbonyl (C=O) groups excluding carboxylic acids is 1. The van der Waals surface area contributed by atoms with Crippen LogP contribution in [0.5, 0.6) is 5.75 Å². The van der Waals surface area contributed by atoms with Crippen LogP contribution in [0.15, 0.2) is 29.1 Å². The van der Waals surface area contributed by atoms with Gasteiger partial charge in [-0.25, -0.2) is 0 Å². The van der Waals surface area contributed by atoms with Gasteiger partial charge in [0.15, 0.2) is 0 Å². The lowest BCUT2D eigenvalue weighted by Gasteiger charge is -2.54. The summed E-state index contributed by atoms with van der Waals surface area (Å²) < 4.78 is 1.51. The zero-order valence-corrected chi connectivity index (χ0v) is 17.5. The predicted molar refractivity (Wildman–Crippen MR) is 112 cm³/mol. The van der Waals surface area contributed by atoms with Crippen LogP contribution in [0.1, 0.15) is 39.2 Å². The van der Waals surface area contributed by atoms with E-state index >= 15 is 0 Å². The Morgan fingerprint density at radius 2 is 1.97 bits per heavy atom. The molecule has 5 rings (SSSR count). The molecule has 30 heavy (non-hydrogen) atoms. The van der Waals surface area contributed by atoms with Crippen molar-refractivity contribution in [1.29, 1.82) is 0 Å². The predicted octanol–water partition coefficient (Wildman–Crippen LogP) is 0.600. The topological polar surface area (TPSA) is 109 Å². The number of phenolic OH excluding ortho intramolecular Hbond substituents is 1. The van der Waals surface area contributed by atoms with Gasteiger partial charge in [0.05, 0.1) is 5.60 Å². The fourth-order valence-corrected chi connectivity index (χ4v) is 6.68. The van der Waals surface area contributed by atoms with E-state index in [4.69, 9.17) is 5.73 Å². The number of rotatable bonds is 2. The second kappa shape index (κ2) is 5.95. The number of aliphatic hydroxyl groups is 1. The summed E-state index contributed by atoms with van der Waals surface area (Å²) in [7, 11) is 3.69. The third-order valence-electron chi connectivity index (χ3n) is 7.93. The zero-order valence-electron chi connectivity index (χ0n) is 17.5. The van der Waals surface area contributed by atoms with E-state index in [1.54, 1.807) is 25.2 Å². The number of nitrogens with zero attached hydrogens (tertiary/aromatic N) is 2. The molecule has 2 aliphatic carbocycles. The minimum Gasteiger partial charge on any atom is -0.508 e. The Hall–Kier alpha value is -2.64. The summed E-state index contributed by atoms with van der Waals surface area (Å²) in [6.45, 7) is 2.91. The fourth-order valence-electron chi connectivity index (χ4n) is 6.68. The van der Waals surface area contributed by atoms with Crippen molar-refractivity contribution in [2.24, 2.45) is 18.7 Å². The van der Waals surface area contributed by atoms with Gasteiger partial charge >= 0.3 is 0 Å². The number of aromatic nitrogens is 1. The largest absolute Gasteiger partial charge is 0.508 e. The number of aryl methyl sites for hydroxylation is 1. The van der Waals surface area contributed by atoms with Gasteiger partial charge in [-0.15, -0.1) is 0 Å². The van der Waals surface area contributed by atoms with Crippen LogP contribution >= 0.6 is 0 Å². The highest BCUT2D eigenvalue weighted by atomic mass is 16.3. The molecule has 1 unspecified atom stereocenters. The molecule has 1 aliphatic heterocycles. The van der Waals surface area contributed by atoms with Crippen LogP contribution in [0, 0.1) is 12.8 Å². The number of benzene rings is 1. The summed E-state index contributed by atoms with van der Waals surface area (Å²) in [5.74, 6) is -0.247. The van der Waals surface area contributed by atoms with E-state index in [0.29, 0.717) is 18.8 Å². The number of fused-ring (bicyclic) bond motifs is 4. The van der Waals surface area contributed by atoms with E-state index in [2.05, 4.69) is 4.90 Å². The first-order chi connectivity index (χ1) is 14.1. The molecular formula is C23H27N3O4. The molecule has 2 fully saturated rings. The quantitative estimate of drug-likeness (QED) is 0.673. The molecule has 158 valence electrons. The molecule has 2 heterocycles. The Morgan fingerprint density at radius 3 is 2.63 bits per heavy atom. The number of carbonyl (C=O) groups is 1. The van der Waals surface area contributed by atoms with Crippen molar-refractivity contribution < 1.29 is 15.0 Å². The van der Waals surface area contributed by atoms with Crippen LogP contribution in [0.2, 0.25) is 0 Å². The van der Waals surface area contributed by atoms with Crippen molar-refractivity contribution in [3.05, 3.63) is 62.6 Å². The molecule has 1 saturated carbocycles. The lowest BCUT2D eigenvalue weighted by atomic mass is 9.59. The maximum absolute atomic E-state index is 12.8. The molecular weight excluding hydrogens is 382 g/mol. The molecule has 7 nitrogen and oxygen atoms in total. The molecule has 4 N–H and O–H groups in total. The SMILES string of the molecule is Cc1ccc(O)cc1[C@@]12Cc3c(cc(C(N)=O)c(=O)n3C)C[C@@]1(O)[C@H]1C(CN1C)C2. The van der Waals surface area contributed by atoms with E-state index < -0.39 is 22.5 Å². The minimum atomic E-state index is -1.08. The Morgan fingerprint density at radius 1 is 1.23 bits per heavy atom. The number of likely N-dealkylation sites (N-methyl/N-ethyl adjacent to an activating group) is 1. The highest BCUT2D eigenvalue weighted by molar-refractivity contribution is 5.92. The van der Waals surface area contributed by atoms with Gasteiger partial charge in [0.1, 0.15) is 11.3 Å². The van der Waals surface area contributed by atoms with Gasteiger partial charge in [0.2, 0.25) is 0 Å². The smallest absolute Gasteiger partial charge is 0.263 e. The normalized spacial score (nSPS) is 32.1. The molecule has 0 bridgehead atoms. The summed E-state index contributed by atoms with van der Waals surface area (Å²) in [6.07, 6.45) is 1.58. The first-order valence-electron chi connectivity index (χ1n) is 10.3. The van der Waals surface area contributed by atoms with Gasteiger partial charge in [-0.2, -0.15) is 0 Å². The Kier molecular flexibility index (Phi) is 3.84. The van der Waals surface area contributed by atoms with Gasteiger partial charge in [0.25, 0.3) is 11.5 Å². The second-order valence-corrected chi connectivity index (χ2v) is 9.47. The maximum atomic E-state index is 12.8. The summed E-state index contributed by atoms with van der Waals surface area (Å²) in [6, 6.07) is 6.88. The van der Waals surface area contributed by atoms with Crippen LogP contribution in [-0.4, -0.2) is 50.8 Å². The van der Waals surface area contributed by atoms with Crippen molar-refractivity contribution >= 4 is 5.91 Å². The molecule has 2 aromatic rings. The maximum Gasteiger partial charge on any atom is 0.263 e. The minimum absolute atomic E-state index is 0.0124. The van der Waals surface area contributed by atoms with Gasteiger partial charge < -0.3 is 20.5 Å². The zero-order chi connectivity index (χ0) is 21.6. The van der Waals surface area contributed by atoms with Crippen LogP contribution in [0.3, 0.4) is 0 Å². The summed E-state index contributed by atoms with van der Waals surface area (Å²) in [5, 5.41) is 22.6. The monoisotopic (exact) mass is 409 g/mol. The van der Waals surface area contributed by atoms with Crippen molar-refractivity contribution in [2.75, 3.05) is 13.6 Å². The molecule has 1 aromatic heterocycles. The molecule has 0 spiro atoms. The van der Waals surface area contributed by atoms with Gasteiger partial charge in [-0.1, -0.05) is 6.07 Å². The standard InChI is InChI=1S/C23H27N3O4/c1-12-4-5-15(27)7-17(12)22-8-14-11-25(2)19(14)23(22,30)9-13-6-16(20(24)28)21(29)26(3)18(13)10-22/h4-7,14,19,27,30H,8-11H2,1-3H3,(H2,24,28)/t14?,19-,22-,23-/m1/s1. The number of hydrogen-bond donors (Lipinski definition) is 3. The lowest BCUT2D eigenvalue weighted by molar-refractivity contribution is -0.108. The Balaban J connectivity index is 1.79. The number of aromatic hydroxyl groups is 1. The van der Waals surface area contributed by atoms with Gasteiger partial charge in [-0.3, -0.25) is 14.5 Å². The van der Waals surface area contributed by atoms with E-state index in [1.165, 1.54) is 4.57 Å². The Bertz CT molecular complexity index is 1160. The van der Waals surface area contributed by atoms with Crippen LogP contribution in [0.4, 0.5) is 0 Å². The number of primary amides is 1. The third kappa shape index (κ3) is 2.22. The molecule has 1 saturated heterocycles. The van der Waals surface area contributed by atoms with Crippen molar-refractivity contribution in [2.45, 2.75) is 43.2 Å². The summed E-state index contributed by atoms with van der Waals surface area (Å²) in [4.78, 5) is 26.8. The first kappa shape index (κ1) is 19.3. The van der Waals surface area contributed by atoms with Crippen LogP contribution in [0.25, 0.3) is 0 Å². The molecule has 7 heteroatoms. The highest BCUT2D eigenvalue weighted by Crippen LogP contribution is 2.61. The molecule has 1 aromatic carbocycles. The van der Waals surface area contributed by atoms with Crippen LogP contribution < -0.4 is 11.3 Å². The summed E-state index contributed by atoms with van der Waals surface area (Å²) in [5.41, 5.74) is 6.85. The van der Waals surface area contributed by atoms with Crippen molar-refractivity contribution in [3.8, 4) is 5.75 Å². The van der Waals surface area contributed by atoms with Crippen molar-refractivity contribution in [1.82, 2.24) is 9.47 Å². The van der Waals surface area contributed by atoms with Crippen LogP contribution in [-0.2, 0) is 25.3 Å². The second-order valence-electron chi connectivity index (χ2n) is 9.47. The van der Waals surface area contributed by atoms with Gasteiger partial charge in [-0.05, 0) is 61.2 Å². The molecule has 0 radical (unpaired) electrons. The van der Waals surface area contributed by atoms with E-state index in [9.17, 15) is 19.8 Å².